The molecule has 0 amide bonds. The Morgan fingerprint density at radius 1 is 0.650 bits per heavy atom. The maximum atomic E-state index is 14.2. The SMILES string of the molecule is Fc1cc(-c2ccncc2)c(F)cc1-c1ccccc1. The topological polar surface area (TPSA) is 12.9 Å². The van der Waals surface area contributed by atoms with Crippen LogP contribution in [0.2, 0.25) is 0 Å². The van der Waals surface area contributed by atoms with Gasteiger partial charge in [0.1, 0.15) is 11.6 Å². The molecule has 1 heterocycles. The molecule has 3 heteroatoms. The zero-order chi connectivity index (χ0) is 13.9. The van der Waals surface area contributed by atoms with Gasteiger partial charge < -0.3 is 0 Å². The average Bonchev–Trinajstić information content (AvgIpc) is 2.51. The van der Waals surface area contributed by atoms with Crippen molar-refractivity contribution in [2.24, 2.45) is 0 Å². The first-order chi connectivity index (χ1) is 9.75. The van der Waals surface area contributed by atoms with Gasteiger partial charge in [-0.25, -0.2) is 8.78 Å². The Morgan fingerprint density at radius 2 is 1.15 bits per heavy atom. The van der Waals surface area contributed by atoms with E-state index >= 15 is 0 Å². The van der Waals surface area contributed by atoms with E-state index in [9.17, 15) is 8.78 Å². The lowest BCUT2D eigenvalue weighted by molar-refractivity contribution is 0.606. The summed E-state index contributed by atoms with van der Waals surface area (Å²) in [6.07, 6.45) is 3.11. The average molecular weight is 267 g/mol. The summed E-state index contributed by atoms with van der Waals surface area (Å²) in [6, 6.07) is 14.7. The molecular formula is C17H11F2N. The van der Waals surface area contributed by atoms with E-state index in [1.165, 1.54) is 12.1 Å². The Morgan fingerprint density at radius 3 is 1.70 bits per heavy atom. The molecule has 0 spiro atoms. The molecule has 20 heavy (non-hydrogen) atoms. The summed E-state index contributed by atoms with van der Waals surface area (Å²) in [5.74, 6) is -0.888. The van der Waals surface area contributed by atoms with Crippen molar-refractivity contribution in [1.82, 2.24) is 4.98 Å². The van der Waals surface area contributed by atoms with Crippen molar-refractivity contribution in [2.75, 3.05) is 0 Å². The van der Waals surface area contributed by atoms with E-state index in [4.69, 9.17) is 0 Å². The van der Waals surface area contributed by atoms with Crippen LogP contribution in [0, 0.1) is 11.6 Å². The third-order valence-electron chi connectivity index (χ3n) is 3.13. The summed E-state index contributed by atoms with van der Waals surface area (Å²) in [7, 11) is 0. The van der Waals surface area contributed by atoms with Crippen molar-refractivity contribution in [2.45, 2.75) is 0 Å². The molecule has 0 saturated heterocycles. The molecule has 0 radical (unpaired) electrons. The van der Waals surface area contributed by atoms with Gasteiger partial charge in [0.2, 0.25) is 0 Å². The Labute approximate surface area is 115 Å². The molecule has 0 N–H and O–H groups in total. The van der Waals surface area contributed by atoms with E-state index in [1.54, 1.807) is 48.8 Å². The lowest BCUT2D eigenvalue weighted by Gasteiger charge is -2.08. The maximum absolute atomic E-state index is 14.2. The normalized spacial score (nSPS) is 10.5. The van der Waals surface area contributed by atoms with Crippen LogP contribution in [-0.2, 0) is 0 Å². The second kappa shape index (κ2) is 5.21. The van der Waals surface area contributed by atoms with Gasteiger partial charge >= 0.3 is 0 Å². The van der Waals surface area contributed by atoms with Crippen molar-refractivity contribution in [3.05, 3.63) is 78.6 Å². The quantitative estimate of drug-likeness (QED) is 0.656. The molecule has 0 aliphatic heterocycles. The molecule has 0 bridgehead atoms. The monoisotopic (exact) mass is 267 g/mol. The number of hydrogen-bond donors (Lipinski definition) is 0. The van der Waals surface area contributed by atoms with Crippen LogP contribution in [0.15, 0.2) is 67.0 Å². The van der Waals surface area contributed by atoms with Crippen LogP contribution in [0.1, 0.15) is 0 Å². The van der Waals surface area contributed by atoms with Crippen LogP contribution in [-0.4, -0.2) is 4.98 Å². The third-order valence-corrected chi connectivity index (χ3v) is 3.13. The van der Waals surface area contributed by atoms with Crippen molar-refractivity contribution < 1.29 is 8.78 Å². The zero-order valence-electron chi connectivity index (χ0n) is 10.6. The first-order valence-electron chi connectivity index (χ1n) is 6.20. The third kappa shape index (κ3) is 2.30. The smallest absolute Gasteiger partial charge is 0.131 e. The molecule has 0 aliphatic carbocycles. The number of nitrogens with zero attached hydrogens (tertiary/aromatic N) is 1. The summed E-state index contributed by atoms with van der Waals surface area (Å²) in [4.78, 5) is 3.87. The van der Waals surface area contributed by atoms with Crippen LogP contribution < -0.4 is 0 Å². The summed E-state index contributed by atoms with van der Waals surface area (Å²) >= 11 is 0. The zero-order valence-corrected chi connectivity index (χ0v) is 10.6. The fourth-order valence-electron chi connectivity index (χ4n) is 2.14. The van der Waals surface area contributed by atoms with Crippen molar-refractivity contribution in [3.8, 4) is 22.3 Å². The van der Waals surface area contributed by atoms with E-state index in [2.05, 4.69) is 4.98 Å². The van der Waals surface area contributed by atoms with Crippen molar-refractivity contribution >= 4 is 0 Å². The predicted molar refractivity (Wildman–Crippen MR) is 75.0 cm³/mol. The van der Waals surface area contributed by atoms with Gasteiger partial charge in [-0.3, -0.25) is 4.98 Å². The van der Waals surface area contributed by atoms with Gasteiger partial charge in [0, 0.05) is 23.5 Å². The molecule has 0 atom stereocenters. The second-order valence-corrected chi connectivity index (χ2v) is 4.41. The van der Waals surface area contributed by atoms with Crippen molar-refractivity contribution in [3.63, 3.8) is 0 Å². The maximum Gasteiger partial charge on any atom is 0.131 e. The van der Waals surface area contributed by atoms with Crippen LogP contribution in [0.5, 0.6) is 0 Å². The Bertz CT molecular complexity index is 659. The van der Waals surface area contributed by atoms with Gasteiger partial charge in [-0.2, -0.15) is 0 Å². The standard InChI is InChI=1S/C17H11F2N/c18-16-11-15(13-6-8-20-9-7-13)17(19)10-14(16)12-4-2-1-3-5-12/h1-11H. The summed E-state index contributed by atoms with van der Waals surface area (Å²) in [6.45, 7) is 0. The number of pyridine rings is 1. The lowest BCUT2D eigenvalue weighted by Crippen LogP contribution is -1.91. The fraction of sp³-hybridized carbons (Fsp3) is 0. The minimum Gasteiger partial charge on any atom is -0.265 e. The number of rotatable bonds is 2. The molecule has 0 aliphatic rings. The van der Waals surface area contributed by atoms with Gasteiger partial charge in [-0.15, -0.1) is 0 Å². The highest BCUT2D eigenvalue weighted by Crippen LogP contribution is 2.30. The van der Waals surface area contributed by atoms with Gasteiger partial charge in [0.25, 0.3) is 0 Å². The molecule has 2 aromatic carbocycles. The lowest BCUT2D eigenvalue weighted by atomic mass is 9.99. The van der Waals surface area contributed by atoms with Crippen molar-refractivity contribution in [1.29, 1.82) is 0 Å². The molecule has 0 saturated carbocycles. The highest BCUT2D eigenvalue weighted by molar-refractivity contribution is 5.71. The number of hydrogen-bond acceptors (Lipinski definition) is 1. The molecule has 0 fully saturated rings. The second-order valence-electron chi connectivity index (χ2n) is 4.41. The van der Waals surface area contributed by atoms with Crippen LogP contribution in [0.25, 0.3) is 22.3 Å². The molecule has 1 nitrogen and oxygen atoms in total. The number of halogens is 2. The highest BCUT2D eigenvalue weighted by Gasteiger charge is 2.12. The highest BCUT2D eigenvalue weighted by atomic mass is 19.1. The molecule has 1 aromatic heterocycles. The van der Waals surface area contributed by atoms with E-state index < -0.39 is 11.6 Å². The molecular weight excluding hydrogens is 256 g/mol. The van der Waals surface area contributed by atoms with Crippen LogP contribution in [0.4, 0.5) is 8.78 Å². The number of aromatic nitrogens is 1. The first-order valence-corrected chi connectivity index (χ1v) is 6.20. The minimum atomic E-state index is -0.448. The fourth-order valence-corrected chi connectivity index (χ4v) is 2.14. The van der Waals surface area contributed by atoms with E-state index in [0.29, 0.717) is 11.1 Å². The minimum absolute atomic E-state index is 0.240. The van der Waals surface area contributed by atoms with E-state index in [1.807, 2.05) is 6.07 Å². The molecule has 98 valence electrons. The Kier molecular flexibility index (Phi) is 3.25. The Hall–Kier alpha value is -2.55. The number of benzene rings is 2. The first kappa shape index (κ1) is 12.5. The van der Waals surface area contributed by atoms with Gasteiger partial charge in [-0.1, -0.05) is 30.3 Å². The molecule has 3 rings (SSSR count). The van der Waals surface area contributed by atoms with Gasteiger partial charge in [0.15, 0.2) is 0 Å². The van der Waals surface area contributed by atoms with E-state index in [-0.39, 0.29) is 11.1 Å². The summed E-state index contributed by atoms with van der Waals surface area (Å²) in [5, 5.41) is 0. The van der Waals surface area contributed by atoms with E-state index in [0.717, 1.165) is 0 Å². The Balaban J connectivity index is 2.13. The van der Waals surface area contributed by atoms with Gasteiger partial charge in [0.05, 0.1) is 0 Å². The molecule has 0 unspecified atom stereocenters. The predicted octanol–water partition coefficient (Wildman–Crippen LogP) is 4.69. The summed E-state index contributed by atoms with van der Waals surface area (Å²) in [5.41, 5.74) is 1.77. The molecule has 3 aromatic rings. The van der Waals surface area contributed by atoms with Gasteiger partial charge in [-0.05, 0) is 35.4 Å². The van der Waals surface area contributed by atoms with Crippen LogP contribution in [0.3, 0.4) is 0 Å². The van der Waals surface area contributed by atoms with Crippen LogP contribution >= 0.6 is 0 Å². The summed E-state index contributed by atoms with van der Waals surface area (Å²) < 4.78 is 28.4. The largest absolute Gasteiger partial charge is 0.265 e.